The van der Waals surface area contributed by atoms with E-state index in [0.29, 0.717) is 27.9 Å². The Morgan fingerprint density at radius 1 is 1.10 bits per heavy atom. The molecule has 11 nitrogen and oxygen atoms in total. The van der Waals surface area contributed by atoms with Gasteiger partial charge in [-0.1, -0.05) is 25.9 Å². The Bertz CT molecular complexity index is 1640. The van der Waals surface area contributed by atoms with Gasteiger partial charge in [0.25, 0.3) is 11.5 Å². The van der Waals surface area contributed by atoms with Crippen LogP contribution in [0.2, 0.25) is 0 Å². The van der Waals surface area contributed by atoms with Crippen LogP contribution in [0.5, 0.6) is 0 Å². The van der Waals surface area contributed by atoms with Crippen LogP contribution in [0.25, 0.3) is 22.2 Å². The minimum atomic E-state index is -0.733. The number of carbonyl (C=O) groups is 1. The molecule has 1 aromatic carbocycles. The summed E-state index contributed by atoms with van der Waals surface area (Å²) in [6, 6.07) is 4.62. The summed E-state index contributed by atoms with van der Waals surface area (Å²) in [5.74, 6) is -0.484. The average molecular weight is 552 g/mol. The number of fused-ring (bicyclic) bond motifs is 1. The van der Waals surface area contributed by atoms with Crippen molar-refractivity contribution in [1.82, 2.24) is 19.7 Å². The third-order valence-corrected chi connectivity index (χ3v) is 6.34. The summed E-state index contributed by atoms with van der Waals surface area (Å²) < 4.78 is 21.6. The van der Waals surface area contributed by atoms with E-state index < -0.39 is 11.8 Å². The van der Waals surface area contributed by atoms with Crippen molar-refractivity contribution in [3.05, 3.63) is 57.9 Å². The smallest absolute Gasteiger partial charge is 0.326 e. The third kappa shape index (κ3) is 5.67. The fourth-order valence-electron chi connectivity index (χ4n) is 4.14. The zero-order valence-corrected chi connectivity index (χ0v) is 23.8. The van der Waals surface area contributed by atoms with E-state index in [4.69, 9.17) is 4.52 Å². The van der Waals surface area contributed by atoms with E-state index in [1.165, 1.54) is 22.9 Å². The molecule has 0 atom stereocenters. The van der Waals surface area contributed by atoms with Crippen LogP contribution in [0, 0.1) is 12.7 Å². The number of nitrogens with zero attached hydrogens (tertiary/aromatic N) is 5. The number of benzene rings is 1. The minimum Gasteiger partial charge on any atom is -0.338 e. The van der Waals surface area contributed by atoms with Gasteiger partial charge >= 0.3 is 6.03 Å². The van der Waals surface area contributed by atoms with Crippen LogP contribution >= 0.6 is 0 Å². The molecule has 0 aliphatic carbocycles. The van der Waals surface area contributed by atoms with E-state index in [1.807, 2.05) is 34.6 Å². The monoisotopic (exact) mass is 551 g/mol. The summed E-state index contributed by atoms with van der Waals surface area (Å²) in [6.07, 6.45) is 1.53. The first kappa shape index (κ1) is 28.7. The van der Waals surface area contributed by atoms with Gasteiger partial charge in [0, 0.05) is 34.7 Å². The summed E-state index contributed by atoms with van der Waals surface area (Å²) in [6.45, 7) is 14.8. The Balaban J connectivity index is 1.74. The maximum absolute atomic E-state index is 14.9. The van der Waals surface area contributed by atoms with Crippen LogP contribution in [-0.2, 0) is 5.41 Å². The third-order valence-electron chi connectivity index (χ3n) is 6.34. The Labute approximate surface area is 231 Å². The van der Waals surface area contributed by atoms with Crippen LogP contribution in [0.4, 0.5) is 26.7 Å². The number of anilines is 3. The molecule has 4 aromatic rings. The Kier molecular flexibility index (Phi) is 7.66. The van der Waals surface area contributed by atoms with Gasteiger partial charge in [0.2, 0.25) is 5.88 Å². The van der Waals surface area contributed by atoms with Crippen LogP contribution < -0.4 is 21.3 Å². The molecule has 0 unspecified atom stereocenters. The van der Waals surface area contributed by atoms with Crippen molar-refractivity contribution >= 4 is 34.6 Å². The number of carbonyl (C=O) groups excluding carboxylic acids is 1. The van der Waals surface area contributed by atoms with Crippen molar-refractivity contribution in [2.24, 2.45) is 0 Å². The Morgan fingerprint density at radius 2 is 1.80 bits per heavy atom. The number of halogens is 1. The SMILES string of the molecule is Cc1cc(F)c(NC(=O)Nc2cc(C(C)(C)C)no2)cc1-c1cc2cnc(N(O)C(C)C)nc2n(C(C)C)c1=O. The number of hydrogen-bond acceptors (Lipinski definition) is 8. The van der Waals surface area contributed by atoms with Gasteiger partial charge in [-0.2, -0.15) is 4.98 Å². The largest absolute Gasteiger partial charge is 0.338 e. The zero-order chi connectivity index (χ0) is 29.5. The second-order valence-electron chi connectivity index (χ2n) is 11.3. The predicted octanol–water partition coefficient (Wildman–Crippen LogP) is 6.02. The summed E-state index contributed by atoms with van der Waals surface area (Å²) in [5.41, 5.74) is 1.46. The maximum atomic E-state index is 14.9. The highest BCUT2D eigenvalue weighted by molar-refractivity contribution is 5.99. The highest BCUT2D eigenvalue weighted by Gasteiger charge is 2.22. The highest BCUT2D eigenvalue weighted by atomic mass is 19.1. The number of aryl methyl sites for hydroxylation is 1. The van der Waals surface area contributed by atoms with Crippen molar-refractivity contribution in [2.45, 2.75) is 72.9 Å². The molecule has 0 aliphatic heterocycles. The van der Waals surface area contributed by atoms with Gasteiger partial charge in [0.15, 0.2) is 0 Å². The van der Waals surface area contributed by atoms with E-state index in [2.05, 4.69) is 25.8 Å². The Hall–Kier alpha value is -4.32. The fraction of sp³-hybridized carbons (Fsp3) is 0.393. The quantitative estimate of drug-likeness (QED) is 0.247. The van der Waals surface area contributed by atoms with Gasteiger partial charge in [0.05, 0.1) is 17.4 Å². The van der Waals surface area contributed by atoms with E-state index >= 15 is 0 Å². The lowest BCUT2D eigenvalue weighted by atomic mass is 9.92. The second-order valence-corrected chi connectivity index (χ2v) is 11.3. The predicted molar refractivity (Wildman–Crippen MR) is 152 cm³/mol. The summed E-state index contributed by atoms with van der Waals surface area (Å²) in [7, 11) is 0. The lowest BCUT2D eigenvalue weighted by Crippen LogP contribution is -2.30. The van der Waals surface area contributed by atoms with Gasteiger partial charge in [-0.15, -0.1) is 0 Å². The van der Waals surface area contributed by atoms with Gasteiger partial charge in [-0.3, -0.25) is 19.9 Å². The van der Waals surface area contributed by atoms with Crippen LogP contribution in [0.3, 0.4) is 0 Å². The summed E-state index contributed by atoms with van der Waals surface area (Å²) >= 11 is 0. The molecular formula is C28H34FN7O4. The number of rotatable bonds is 6. The van der Waals surface area contributed by atoms with Crippen molar-refractivity contribution in [3.63, 3.8) is 0 Å². The number of hydroxylamine groups is 1. The number of aromatic nitrogens is 4. The van der Waals surface area contributed by atoms with Crippen molar-refractivity contribution in [2.75, 3.05) is 15.7 Å². The average Bonchev–Trinajstić information content (AvgIpc) is 3.33. The van der Waals surface area contributed by atoms with Crippen molar-refractivity contribution in [1.29, 1.82) is 0 Å². The molecule has 0 bridgehead atoms. The fourth-order valence-corrected chi connectivity index (χ4v) is 4.14. The molecule has 212 valence electrons. The first-order valence-corrected chi connectivity index (χ1v) is 12.9. The standard InChI is InChI=1S/C28H34FN7O4/c1-14(2)35-24-17(13-30-26(33-24)36(39)15(3)4)10-19(25(35)37)18-11-21(20(29)9-16(18)5)31-27(38)32-23-12-22(34-40-23)28(6,7)8/h9-15,39H,1-8H3,(H2,31,32,38). The van der Waals surface area contributed by atoms with E-state index in [1.54, 1.807) is 32.9 Å². The lowest BCUT2D eigenvalue weighted by molar-refractivity contribution is 0.222. The molecule has 0 saturated carbocycles. The van der Waals surface area contributed by atoms with E-state index in [9.17, 15) is 19.2 Å². The van der Waals surface area contributed by atoms with Gasteiger partial charge < -0.3 is 9.84 Å². The molecule has 3 heterocycles. The molecule has 0 radical (unpaired) electrons. The number of pyridine rings is 1. The number of amides is 2. The normalized spacial score (nSPS) is 11.9. The van der Waals surface area contributed by atoms with Crippen molar-refractivity contribution < 1.29 is 18.9 Å². The topological polar surface area (TPSA) is 138 Å². The molecule has 0 aliphatic rings. The first-order valence-electron chi connectivity index (χ1n) is 12.9. The molecule has 40 heavy (non-hydrogen) atoms. The summed E-state index contributed by atoms with van der Waals surface area (Å²) in [5, 5.41) is 20.8. The first-order chi connectivity index (χ1) is 18.7. The molecule has 3 N–H and O–H groups in total. The molecule has 12 heteroatoms. The maximum Gasteiger partial charge on any atom is 0.326 e. The number of urea groups is 1. The van der Waals surface area contributed by atoms with Crippen molar-refractivity contribution in [3.8, 4) is 11.1 Å². The highest BCUT2D eigenvalue weighted by Crippen LogP contribution is 2.30. The van der Waals surface area contributed by atoms with E-state index in [-0.39, 0.29) is 46.1 Å². The van der Waals surface area contributed by atoms with Gasteiger partial charge in [-0.25, -0.2) is 19.2 Å². The Morgan fingerprint density at radius 3 is 2.40 bits per heavy atom. The van der Waals surface area contributed by atoms with Crippen LogP contribution in [0.1, 0.15) is 65.8 Å². The van der Waals surface area contributed by atoms with Crippen LogP contribution in [0.15, 0.2) is 39.8 Å². The molecule has 0 fully saturated rings. The zero-order valence-electron chi connectivity index (χ0n) is 23.8. The molecular weight excluding hydrogens is 517 g/mol. The molecule has 0 saturated heterocycles. The summed E-state index contributed by atoms with van der Waals surface area (Å²) in [4.78, 5) is 35.1. The van der Waals surface area contributed by atoms with Crippen LogP contribution in [-0.4, -0.2) is 37.0 Å². The molecule has 3 aromatic heterocycles. The van der Waals surface area contributed by atoms with Gasteiger partial charge in [-0.05, 0) is 63.9 Å². The lowest BCUT2D eigenvalue weighted by Gasteiger charge is -2.21. The number of nitrogens with one attached hydrogen (secondary N) is 2. The number of hydrogen-bond donors (Lipinski definition) is 3. The second kappa shape index (κ2) is 10.7. The van der Waals surface area contributed by atoms with Gasteiger partial charge in [0.1, 0.15) is 11.5 Å². The molecule has 2 amide bonds. The molecule has 0 spiro atoms. The minimum absolute atomic E-state index is 0.0703. The molecule has 4 rings (SSSR count). The van der Waals surface area contributed by atoms with E-state index in [0.717, 1.165) is 5.06 Å².